The summed E-state index contributed by atoms with van der Waals surface area (Å²) in [6.45, 7) is 0. The number of carboxylic acid groups (broad SMARTS) is 1. The molecule has 0 aromatic rings. The largest absolute Gasteiger partial charge is 0.479 e. The first kappa shape index (κ1) is 16.4. The molecule has 0 aromatic heterocycles. The Bertz CT molecular complexity index is 197. The van der Waals surface area contributed by atoms with Gasteiger partial charge in [0.05, 0.1) is 0 Å². The maximum absolute atomic E-state index is 10.1. The molecule has 0 bridgehead atoms. The molecule has 0 heterocycles. The fraction of sp³-hybridized carbons (Fsp3) is 0.667. The van der Waals surface area contributed by atoms with Crippen LogP contribution in [0.4, 0.5) is 0 Å². The number of carboxylic acids is 1. The van der Waals surface area contributed by atoms with E-state index in [1.54, 1.807) is 0 Å². The molecule has 0 aliphatic rings. The average Bonchev–Trinajstić information content (AvgIpc) is 2.12. The molecule has 0 saturated heterocycles. The van der Waals surface area contributed by atoms with E-state index in [2.05, 4.69) is 0 Å². The summed E-state index contributed by atoms with van der Waals surface area (Å²) in [4.78, 5) is 20.0. The summed E-state index contributed by atoms with van der Waals surface area (Å²) in [6.07, 6.45) is -8.39. The Balaban J connectivity index is 0. The van der Waals surface area contributed by atoms with Gasteiger partial charge in [-0.2, -0.15) is 0 Å². The third-order valence-corrected chi connectivity index (χ3v) is 1.42. The topological polar surface area (TPSA) is 135 Å². The maximum Gasteiger partial charge on any atom is 0.335 e. The Morgan fingerprint density at radius 1 is 1.07 bits per heavy atom. The molecule has 77 valence electrons. The molecular formula is C6H10NaO7. The molecule has 0 rings (SSSR count). The predicted molar refractivity (Wildman–Crippen MR) is 43.5 cm³/mol. The van der Waals surface area contributed by atoms with Gasteiger partial charge in [-0.3, -0.25) is 0 Å². The van der Waals surface area contributed by atoms with Crippen LogP contribution in [0.5, 0.6) is 0 Å². The Kier molecular flexibility index (Phi) is 8.55. The molecular weight excluding hydrogens is 207 g/mol. The van der Waals surface area contributed by atoms with Crippen molar-refractivity contribution in [2.45, 2.75) is 24.4 Å². The van der Waals surface area contributed by atoms with Crippen molar-refractivity contribution in [2.24, 2.45) is 0 Å². The van der Waals surface area contributed by atoms with Gasteiger partial charge in [-0.15, -0.1) is 0 Å². The quantitative estimate of drug-likeness (QED) is 0.236. The van der Waals surface area contributed by atoms with Crippen LogP contribution in [0.1, 0.15) is 0 Å². The number of carbonyl (C=O) groups is 2. The summed E-state index contributed by atoms with van der Waals surface area (Å²) in [6, 6.07) is 0. The minimum absolute atomic E-state index is 0. The second kappa shape index (κ2) is 7.30. The molecule has 0 aliphatic heterocycles. The average molecular weight is 217 g/mol. The van der Waals surface area contributed by atoms with E-state index >= 15 is 0 Å². The van der Waals surface area contributed by atoms with Crippen LogP contribution >= 0.6 is 0 Å². The molecule has 4 atom stereocenters. The monoisotopic (exact) mass is 217 g/mol. The number of rotatable bonds is 5. The molecule has 0 saturated carbocycles. The SMILES string of the molecule is O=C[C@H](O)[C@@H](O)[C@H](O)[C@@H](O)C(=O)O.[Na]. The van der Waals surface area contributed by atoms with E-state index in [-0.39, 0.29) is 35.8 Å². The van der Waals surface area contributed by atoms with E-state index in [4.69, 9.17) is 25.5 Å². The van der Waals surface area contributed by atoms with Crippen molar-refractivity contribution in [2.75, 3.05) is 0 Å². The normalized spacial score (nSPS) is 18.6. The molecule has 0 aromatic carbocycles. The first-order valence-corrected chi connectivity index (χ1v) is 3.32. The summed E-state index contributed by atoms with van der Waals surface area (Å²) in [7, 11) is 0. The van der Waals surface area contributed by atoms with Crippen molar-refractivity contribution in [3.8, 4) is 0 Å². The van der Waals surface area contributed by atoms with Crippen molar-refractivity contribution in [3.05, 3.63) is 0 Å². The van der Waals surface area contributed by atoms with Gasteiger partial charge in [0.25, 0.3) is 0 Å². The third kappa shape index (κ3) is 4.47. The maximum atomic E-state index is 10.1. The number of aldehydes is 1. The van der Waals surface area contributed by atoms with Gasteiger partial charge >= 0.3 is 5.97 Å². The molecule has 0 aliphatic carbocycles. The summed E-state index contributed by atoms with van der Waals surface area (Å²) >= 11 is 0. The Labute approximate surface area is 101 Å². The van der Waals surface area contributed by atoms with Crippen molar-refractivity contribution in [3.63, 3.8) is 0 Å². The van der Waals surface area contributed by atoms with E-state index in [1.807, 2.05) is 0 Å². The van der Waals surface area contributed by atoms with Crippen molar-refractivity contribution in [1.29, 1.82) is 0 Å². The van der Waals surface area contributed by atoms with Gasteiger partial charge < -0.3 is 30.3 Å². The van der Waals surface area contributed by atoms with E-state index in [0.717, 1.165) is 0 Å². The number of aliphatic hydroxyl groups excluding tert-OH is 4. The molecule has 1 radical (unpaired) electrons. The molecule has 8 heteroatoms. The van der Waals surface area contributed by atoms with Gasteiger partial charge in [0.2, 0.25) is 0 Å². The first-order chi connectivity index (χ1) is 5.91. The molecule has 0 spiro atoms. The summed E-state index contributed by atoms with van der Waals surface area (Å²) in [5, 5.41) is 43.2. The molecule has 7 nitrogen and oxygen atoms in total. The zero-order valence-corrected chi connectivity index (χ0v) is 9.44. The van der Waals surface area contributed by atoms with Crippen LogP contribution in [-0.4, -0.2) is 91.8 Å². The summed E-state index contributed by atoms with van der Waals surface area (Å²) < 4.78 is 0. The van der Waals surface area contributed by atoms with Gasteiger partial charge in [0.1, 0.15) is 18.3 Å². The molecule has 14 heavy (non-hydrogen) atoms. The molecule has 0 amide bonds. The van der Waals surface area contributed by atoms with E-state index in [0.29, 0.717) is 0 Å². The Morgan fingerprint density at radius 2 is 1.50 bits per heavy atom. The van der Waals surface area contributed by atoms with Crippen molar-refractivity contribution < 1.29 is 35.1 Å². The molecule has 5 N–H and O–H groups in total. The van der Waals surface area contributed by atoms with Crippen LogP contribution < -0.4 is 0 Å². The smallest absolute Gasteiger partial charge is 0.335 e. The van der Waals surface area contributed by atoms with Crippen molar-refractivity contribution >= 4 is 41.8 Å². The second-order valence-corrected chi connectivity index (χ2v) is 2.39. The number of aliphatic hydroxyl groups is 4. The second-order valence-electron chi connectivity index (χ2n) is 2.39. The Morgan fingerprint density at radius 3 is 1.79 bits per heavy atom. The zero-order valence-electron chi connectivity index (χ0n) is 7.44. The van der Waals surface area contributed by atoms with E-state index in [9.17, 15) is 9.59 Å². The zero-order chi connectivity index (χ0) is 10.6. The number of hydrogen-bond acceptors (Lipinski definition) is 6. The van der Waals surface area contributed by atoms with Crippen LogP contribution in [0.25, 0.3) is 0 Å². The fourth-order valence-corrected chi connectivity index (χ4v) is 0.615. The van der Waals surface area contributed by atoms with Crippen LogP contribution in [0, 0.1) is 0 Å². The fourth-order valence-electron chi connectivity index (χ4n) is 0.615. The van der Waals surface area contributed by atoms with Crippen LogP contribution in [0.15, 0.2) is 0 Å². The van der Waals surface area contributed by atoms with Crippen LogP contribution in [0.2, 0.25) is 0 Å². The molecule has 0 fully saturated rings. The van der Waals surface area contributed by atoms with Crippen molar-refractivity contribution in [1.82, 2.24) is 0 Å². The van der Waals surface area contributed by atoms with Gasteiger partial charge in [-0.1, -0.05) is 0 Å². The van der Waals surface area contributed by atoms with Crippen LogP contribution in [-0.2, 0) is 9.59 Å². The van der Waals surface area contributed by atoms with E-state index in [1.165, 1.54) is 0 Å². The van der Waals surface area contributed by atoms with Gasteiger partial charge in [0.15, 0.2) is 12.4 Å². The Hall–Kier alpha value is -0.0200. The first-order valence-electron chi connectivity index (χ1n) is 3.32. The number of carbonyl (C=O) groups excluding carboxylic acids is 1. The standard InChI is InChI=1S/C6H10O7.Na/c7-1-2(8)3(9)4(10)5(11)6(12)13;/h1-5,8-11H,(H,12,13);/t2-,3+,4-,5+;/m0./s1. The minimum atomic E-state index is -2.25. The number of hydrogen-bond donors (Lipinski definition) is 5. The third-order valence-electron chi connectivity index (χ3n) is 1.42. The van der Waals surface area contributed by atoms with Gasteiger partial charge in [-0.25, -0.2) is 4.79 Å². The summed E-state index contributed by atoms with van der Waals surface area (Å²) in [5.74, 6) is -1.76. The van der Waals surface area contributed by atoms with Gasteiger partial charge in [-0.05, 0) is 0 Å². The number of aliphatic carboxylic acids is 1. The summed E-state index contributed by atoms with van der Waals surface area (Å²) in [5.41, 5.74) is 0. The minimum Gasteiger partial charge on any atom is -0.479 e. The van der Waals surface area contributed by atoms with Gasteiger partial charge in [0, 0.05) is 29.6 Å². The van der Waals surface area contributed by atoms with E-state index < -0.39 is 30.4 Å². The molecule has 0 unspecified atom stereocenters. The van der Waals surface area contributed by atoms with Crippen LogP contribution in [0.3, 0.4) is 0 Å². The predicted octanol–water partition coefficient (Wildman–Crippen LogP) is -3.67.